The summed E-state index contributed by atoms with van der Waals surface area (Å²) in [6, 6.07) is 8.13. The molecule has 0 aliphatic heterocycles. The van der Waals surface area contributed by atoms with E-state index in [9.17, 15) is 0 Å². The van der Waals surface area contributed by atoms with Crippen molar-refractivity contribution in [3.05, 3.63) is 40.7 Å². The number of aromatic nitrogens is 4. The molecular formula is C12H16ClN5. The van der Waals surface area contributed by atoms with Crippen LogP contribution in [0.1, 0.15) is 43.7 Å². The highest BCUT2D eigenvalue weighted by Gasteiger charge is 2.16. The Bertz CT molecular complexity index is 485. The van der Waals surface area contributed by atoms with Crippen molar-refractivity contribution in [1.29, 1.82) is 0 Å². The third kappa shape index (κ3) is 3.05. The lowest BCUT2D eigenvalue weighted by Crippen LogP contribution is -2.25. The van der Waals surface area contributed by atoms with Crippen molar-refractivity contribution >= 4 is 11.6 Å². The van der Waals surface area contributed by atoms with E-state index in [2.05, 4.69) is 38.9 Å². The fourth-order valence-electron chi connectivity index (χ4n) is 1.90. The standard InChI is InChI=1S/C12H16ClN5/c1-3-11(9-5-4-6-10(13)7-9)14-8(2)12-15-17-18-16-12/h4-8,11,14H,3H2,1-2H3,(H,15,16,17,18). The minimum Gasteiger partial charge on any atom is -0.300 e. The highest BCUT2D eigenvalue weighted by atomic mass is 35.5. The molecule has 5 nitrogen and oxygen atoms in total. The normalized spacial score (nSPS) is 14.4. The second-order valence-electron chi connectivity index (χ2n) is 4.17. The molecule has 1 aromatic carbocycles. The van der Waals surface area contributed by atoms with Crippen LogP contribution in [0.5, 0.6) is 0 Å². The van der Waals surface area contributed by atoms with Crippen LogP contribution in [0.3, 0.4) is 0 Å². The van der Waals surface area contributed by atoms with Gasteiger partial charge in [0.25, 0.3) is 0 Å². The number of aromatic amines is 1. The van der Waals surface area contributed by atoms with Gasteiger partial charge < -0.3 is 5.32 Å². The van der Waals surface area contributed by atoms with Crippen LogP contribution in [0.15, 0.2) is 24.3 Å². The number of tetrazole rings is 1. The molecule has 1 heterocycles. The lowest BCUT2D eigenvalue weighted by atomic mass is 10.0. The number of hydrogen-bond donors (Lipinski definition) is 2. The smallest absolute Gasteiger partial charge is 0.191 e. The number of hydrogen-bond acceptors (Lipinski definition) is 4. The second kappa shape index (κ2) is 5.93. The average molecular weight is 266 g/mol. The van der Waals surface area contributed by atoms with Crippen LogP contribution in [0.25, 0.3) is 0 Å². The number of nitrogens with zero attached hydrogens (tertiary/aromatic N) is 3. The maximum absolute atomic E-state index is 6.01. The molecule has 18 heavy (non-hydrogen) atoms. The minimum absolute atomic E-state index is 0.0349. The maximum atomic E-state index is 6.01. The van der Waals surface area contributed by atoms with Crippen LogP contribution in [0.2, 0.25) is 5.02 Å². The quantitative estimate of drug-likeness (QED) is 0.872. The minimum atomic E-state index is 0.0349. The number of benzene rings is 1. The lowest BCUT2D eigenvalue weighted by molar-refractivity contribution is 0.443. The van der Waals surface area contributed by atoms with Gasteiger partial charge in [0.2, 0.25) is 0 Å². The Morgan fingerprint density at radius 1 is 1.44 bits per heavy atom. The maximum Gasteiger partial charge on any atom is 0.191 e. The Hall–Kier alpha value is -1.46. The topological polar surface area (TPSA) is 66.5 Å². The van der Waals surface area contributed by atoms with Crippen LogP contribution in [0.4, 0.5) is 0 Å². The van der Waals surface area contributed by atoms with Gasteiger partial charge in [-0.25, -0.2) is 0 Å². The first-order valence-electron chi connectivity index (χ1n) is 5.95. The molecule has 0 spiro atoms. The summed E-state index contributed by atoms with van der Waals surface area (Å²) in [6.45, 7) is 4.14. The van der Waals surface area contributed by atoms with Gasteiger partial charge in [-0.2, -0.15) is 5.21 Å². The summed E-state index contributed by atoms with van der Waals surface area (Å²) in [5.74, 6) is 0.662. The molecule has 0 aliphatic carbocycles. The number of H-pyrrole nitrogens is 1. The Balaban J connectivity index is 2.10. The van der Waals surface area contributed by atoms with Gasteiger partial charge >= 0.3 is 0 Å². The number of nitrogens with one attached hydrogen (secondary N) is 2. The molecular weight excluding hydrogens is 250 g/mol. The van der Waals surface area contributed by atoms with Crippen molar-refractivity contribution in [3.63, 3.8) is 0 Å². The van der Waals surface area contributed by atoms with Crippen molar-refractivity contribution in [2.24, 2.45) is 0 Å². The molecule has 0 bridgehead atoms. The average Bonchev–Trinajstić information content (AvgIpc) is 2.89. The van der Waals surface area contributed by atoms with Gasteiger partial charge in [0.15, 0.2) is 5.82 Å². The zero-order valence-electron chi connectivity index (χ0n) is 10.4. The SMILES string of the molecule is CCC(NC(C)c1nn[nH]n1)c1cccc(Cl)c1. The Labute approximate surface area is 111 Å². The lowest BCUT2D eigenvalue weighted by Gasteiger charge is -2.21. The van der Waals surface area contributed by atoms with E-state index in [1.165, 1.54) is 5.56 Å². The third-order valence-electron chi connectivity index (χ3n) is 2.86. The number of halogens is 1. The summed E-state index contributed by atoms with van der Waals surface area (Å²) < 4.78 is 0. The molecule has 0 saturated heterocycles. The van der Waals surface area contributed by atoms with Crippen LogP contribution in [-0.2, 0) is 0 Å². The molecule has 0 saturated carbocycles. The predicted molar refractivity (Wildman–Crippen MR) is 70.2 cm³/mol. The van der Waals surface area contributed by atoms with Gasteiger partial charge in [0.05, 0.1) is 6.04 Å². The summed E-state index contributed by atoms with van der Waals surface area (Å²) in [5, 5.41) is 18.2. The van der Waals surface area contributed by atoms with E-state index in [0.29, 0.717) is 5.82 Å². The molecule has 6 heteroatoms. The van der Waals surface area contributed by atoms with E-state index in [-0.39, 0.29) is 12.1 Å². The molecule has 2 aromatic rings. The van der Waals surface area contributed by atoms with Crippen LogP contribution in [-0.4, -0.2) is 20.6 Å². The van der Waals surface area contributed by atoms with E-state index in [1.54, 1.807) is 0 Å². The molecule has 2 atom stereocenters. The summed E-state index contributed by atoms with van der Waals surface area (Å²) >= 11 is 6.01. The van der Waals surface area contributed by atoms with E-state index in [0.717, 1.165) is 11.4 Å². The van der Waals surface area contributed by atoms with Gasteiger partial charge in [-0.15, -0.1) is 10.2 Å². The van der Waals surface area contributed by atoms with E-state index in [4.69, 9.17) is 11.6 Å². The highest BCUT2D eigenvalue weighted by molar-refractivity contribution is 6.30. The fourth-order valence-corrected chi connectivity index (χ4v) is 2.10. The molecule has 0 radical (unpaired) electrons. The predicted octanol–water partition coefficient (Wildman–Crippen LogP) is 2.66. The van der Waals surface area contributed by atoms with Gasteiger partial charge in [0.1, 0.15) is 0 Å². The summed E-state index contributed by atoms with van der Waals surface area (Å²) in [7, 11) is 0. The number of rotatable bonds is 5. The largest absolute Gasteiger partial charge is 0.300 e. The molecule has 1 aromatic heterocycles. The van der Waals surface area contributed by atoms with Crippen molar-refractivity contribution in [3.8, 4) is 0 Å². The Kier molecular flexibility index (Phi) is 4.28. The van der Waals surface area contributed by atoms with Crippen LogP contribution < -0.4 is 5.32 Å². The van der Waals surface area contributed by atoms with Gasteiger partial charge in [-0.05, 0) is 31.0 Å². The Morgan fingerprint density at radius 2 is 2.28 bits per heavy atom. The van der Waals surface area contributed by atoms with Gasteiger partial charge in [-0.3, -0.25) is 0 Å². The second-order valence-corrected chi connectivity index (χ2v) is 4.61. The molecule has 0 aliphatic rings. The first-order chi connectivity index (χ1) is 8.70. The molecule has 2 rings (SSSR count). The van der Waals surface area contributed by atoms with Gasteiger partial charge in [-0.1, -0.05) is 35.9 Å². The van der Waals surface area contributed by atoms with Crippen LogP contribution in [0, 0.1) is 0 Å². The highest BCUT2D eigenvalue weighted by Crippen LogP contribution is 2.22. The van der Waals surface area contributed by atoms with Crippen LogP contribution >= 0.6 is 11.6 Å². The molecule has 0 fully saturated rings. The van der Waals surface area contributed by atoms with E-state index >= 15 is 0 Å². The summed E-state index contributed by atoms with van der Waals surface area (Å²) in [5.41, 5.74) is 1.17. The summed E-state index contributed by atoms with van der Waals surface area (Å²) in [4.78, 5) is 0. The molecule has 2 unspecified atom stereocenters. The fraction of sp³-hybridized carbons (Fsp3) is 0.417. The molecule has 0 amide bonds. The van der Waals surface area contributed by atoms with Crippen molar-refractivity contribution in [2.75, 3.05) is 0 Å². The third-order valence-corrected chi connectivity index (χ3v) is 3.09. The molecule has 2 N–H and O–H groups in total. The van der Waals surface area contributed by atoms with Crippen molar-refractivity contribution < 1.29 is 0 Å². The zero-order valence-corrected chi connectivity index (χ0v) is 11.1. The van der Waals surface area contributed by atoms with Crippen molar-refractivity contribution in [1.82, 2.24) is 25.9 Å². The van der Waals surface area contributed by atoms with E-state index in [1.807, 2.05) is 25.1 Å². The monoisotopic (exact) mass is 265 g/mol. The van der Waals surface area contributed by atoms with Crippen molar-refractivity contribution in [2.45, 2.75) is 32.4 Å². The zero-order chi connectivity index (χ0) is 13.0. The van der Waals surface area contributed by atoms with E-state index < -0.39 is 0 Å². The van der Waals surface area contributed by atoms with Gasteiger partial charge in [0, 0.05) is 11.1 Å². The first kappa shape index (κ1) is 13.0. The summed E-state index contributed by atoms with van der Waals surface area (Å²) in [6.07, 6.45) is 0.961. The Morgan fingerprint density at radius 3 is 2.89 bits per heavy atom. The molecule has 96 valence electrons. The first-order valence-corrected chi connectivity index (χ1v) is 6.33.